The Morgan fingerprint density at radius 3 is 2.67 bits per heavy atom. The molecule has 2 rings (SSSR count). The van der Waals surface area contributed by atoms with Gasteiger partial charge in [-0.1, -0.05) is 6.92 Å². The van der Waals surface area contributed by atoms with Crippen molar-refractivity contribution in [1.82, 2.24) is 9.88 Å². The summed E-state index contributed by atoms with van der Waals surface area (Å²) in [6.07, 6.45) is 5.56. The molecule has 1 unspecified atom stereocenters. The molecule has 1 aliphatic rings. The van der Waals surface area contributed by atoms with Crippen molar-refractivity contribution in [3.8, 4) is 0 Å². The van der Waals surface area contributed by atoms with E-state index in [-0.39, 0.29) is 5.78 Å². The predicted octanol–water partition coefficient (Wildman–Crippen LogP) is 2.67. The van der Waals surface area contributed by atoms with E-state index in [1.807, 2.05) is 13.8 Å². The molecule has 2 heterocycles. The largest absolute Gasteiger partial charge is 0.292 e. The standard InChI is InChI=1S/C14H19FN2O/c1-3-14(2,17-6-4-5-7-17)13(18)11-8-12(15)10-16-9-11/h8-10H,3-7H2,1-2H3. The van der Waals surface area contributed by atoms with Gasteiger partial charge in [0.25, 0.3) is 0 Å². The number of nitrogens with zero attached hydrogens (tertiary/aromatic N) is 2. The zero-order valence-electron chi connectivity index (χ0n) is 10.9. The number of carbonyl (C=O) groups is 1. The summed E-state index contributed by atoms with van der Waals surface area (Å²) in [5.74, 6) is -0.486. The summed E-state index contributed by atoms with van der Waals surface area (Å²) in [5.41, 5.74) is -0.169. The van der Waals surface area contributed by atoms with Crippen LogP contribution in [0, 0.1) is 5.82 Å². The third-order valence-electron chi connectivity index (χ3n) is 3.95. The fourth-order valence-electron chi connectivity index (χ4n) is 2.59. The van der Waals surface area contributed by atoms with Crippen molar-refractivity contribution < 1.29 is 9.18 Å². The molecule has 0 radical (unpaired) electrons. The van der Waals surface area contributed by atoms with Crippen molar-refractivity contribution in [2.24, 2.45) is 0 Å². The molecule has 4 heteroatoms. The number of carbonyl (C=O) groups excluding carboxylic acids is 1. The van der Waals surface area contributed by atoms with Gasteiger partial charge in [0.15, 0.2) is 5.78 Å². The number of ketones is 1. The third-order valence-corrected chi connectivity index (χ3v) is 3.95. The molecule has 0 aliphatic carbocycles. The molecule has 18 heavy (non-hydrogen) atoms. The molecule has 1 fully saturated rings. The number of halogens is 1. The minimum absolute atomic E-state index is 0.0288. The number of Topliss-reactive ketones (excluding diaryl/α,β-unsaturated/α-hetero) is 1. The first kappa shape index (κ1) is 13.1. The van der Waals surface area contributed by atoms with Gasteiger partial charge < -0.3 is 0 Å². The second kappa shape index (κ2) is 5.14. The Kier molecular flexibility index (Phi) is 3.76. The fourth-order valence-corrected chi connectivity index (χ4v) is 2.59. The van der Waals surface area contributed by atoms with Crippen molar-refractivity contribution in [3.63, 3.8) is 0 Å². The zero-order chi connectivity index (χ0) is 13.2. The maximum absolute atomic E-state index is 13.2. The first-order valence-corrected chi connectivity index (χ1v) is 6.48. The maximum atomic E-state index is 13.2. The van der Waals surface area contributed by atoms with Gasteiger partial charge in [-0.05, 0) is 45.3 Å². The number of likely N-dealkylation sites (tertiary alicyclic amines) is 1. The van der Waals surface area contributed by atoms with E-state index in [1.165, 1.54) is 12.3 Å². The van der Waals surface area contributed by atoms with Gasteiger partial charge in [-0.25, -0.2) is 4.39 Å². The van der Waals surface area contributed by atoms with Gasteiger partial charge in [0.05, 0.1) is 11.7 Å². The number of hydrogen-bond donors (Lipinski definition) is 0. The second-order valence-electron chi connectivity index (χ2n) is 5.04. The van der Waals surface area contributed by atoms with Crippen LogP contribution in [-0.2, 0) is 0 Å². The highest BCUT2D eigenvalue weighted by atomic mass is 19.1. The van der Waals surface area contributed by atoms with Gasteiger partial charge in [-0.2, -0.15) is 0 Å². The summed E-state index contributed by atoms with van der Waals surface area (Å²) in [6.45, 7) is 5.84. The van der Waals surface area contributed by atoms with Crippen LogP contribution in [0.2, 0.25) is 0 Å². The van der Waals surface area contributed by atoms with Crippen LogP contribution in [0.4, 0.5) is 4.39 Å². The van der Waals surface area contributed by atoms with Crippen molar-refractivity contribution >= 4 is 5.78 Å². The van der Waals surface area contributed by atoms with Gasteiger partial charge in [-0.15, -0.1) is 0 Å². The molecule has 1 aliphatic heterocycles. The van der Waals surface area contributed by atoms with Crippen LogP contribution in [0.1, 0.15) is 43.5 Å². The smallest absolute Gasteiger partial charge is 0.184 e. The maximum Gasteiger partial charge on any atom is 0.184 e. The fraction of sp³-hybridized carbons (Fsp3) is 0.571. The summed E-state index contributed by atoms with van der Waals surface area (Å²) in [7, 11) is 0. The predicted molar refractivity (Wildman–Crippen MR) is 68.0 cm³/mol. The molecule has 0 N–H and O–H groups in total. The van der Waals surface area contributed by atoms with Crippen LogP contribution in [0.3, 0.4) is 0 Å². The topological polar surface area (TPSA) is 33.2 Å². The van der Waals surface area contributed by atoms with E-state index in [1.54, 1.807) is 0 Å². The number of pyridine rings is 1. The van der Waals surface area contributed by atoms with E-state index in [0.29, 0.717) is 5.56 Å². The first-order valence-electron chi connectivity index (χ1n) is 6.48. The van der Waals surface area contributed by atoms with Gasteiger partial charge in [-0.3, -0.25) is 14.7 Å². The first-order chi connectivity index (χ1) is 8.58. The Morgan fingerprint density at radius 2 is 2.11 bits per heavy atom. The number of aromatic nitrogens is 1. The van der Waals surface area contributed by atoms with Crippen LogP contribution < -0.4 is 0 Å². The molecule has 1 atom stereocenters. The lowest BCUT2D eigenvalue weighted by Crippen LogP contribution is -2.50. The summed E-state index contributed by atoms with van der Waals surface area (Å²) in [5, 5.41) is 0. The lowest BCUT2D eigenvalue weighted by atomic mass is 9.87. The SMILES string of the molecule is CCC(C)(C(=O)c1cncc(F)c1)N1CCCC1. The van der Waals surface area contributed by atoms with Crippen molar-refractivity contribution in [2.75, 3.05) is 13.1 Å². The van der Waals surface area contributed by atoms with Crippen LogP contribution in [0.5, 0.6) is 0 Å². The molecular weight excluding hydrogens is 231 g/mol. The second-order valence-corrected chi connectivity index (χ2v) is 5.04. The molecule has 0 saturated carbocycles. The number of hydrogen-bond acceptors (Lipinski definition) is 3. The van der Waals surface area contributed by atoms with E-state index in [2.05, 4.69) is 9.88 Å². The van der Waals surface area contributed by atoms with E-state index in [4.69, 9.17) is 0 Å². The molecule has 0 aromatic carbocycles. The molecule has 0 spiro atoms. The lowest BCUT2D eigenvalue weighted by Gasteiger charge is -2.36. The van der Waals surface area contributed by atoms with Crippen LogP contribution in [0.15, 0.2) is 18.5 Å². The Bertz CT molecular complexity index is 443. The van der Waals surface area contributed by atoms with Gasteiger partial charge in [0.2, 0.25) is 0 Å². The Morgan fingerprint density at radius 1 is 1.44 bits per heavy atom. The van der Waals surface area contributed by atoms with Gasteiger partial charge in [0, 0.05) is 11.8 Å². The summed E-state index contributed by atoms with van der Waals surface area (Å²) >= 11 is 0. The van der Waals surface area contributed by atoms with Gasteiger partial charge in [0.1, 0.15) is 5.82 Å². The highest BCUT2D eigenvalue weighted by Crippen LogP contribution is 2.28. The molecule has 3 nitrogen and oxygen atoms in total. The quantitative estimate of drug-likeness (QED) is 0.770. The average molecular weight is 250 g/mol. The minimum Gasteiger partial charge on any atom is -0.292 e. The molecule has 1 aromatic rings. The average Bonchev–Trinajstić information content (AvgIpc) is 2.91. The van der Waals surface area contributed by atoms with E-state index >= 15 is 0 Å². The van der Waals surface area contributed by atoms with Crippen molar-refractivity contribution in [2.45, 2.75) is 38.6 Å². The van der Waals surface area contributed by atoms with Crippen LogP contribution in [-0.4, -0.2) is 34.3 Å². The molecule has 1 saturated heterocycles. The summed E-state index contributed by atoms with van der Waals surface area (Å²) in [6, 6.07) is 1.28. The minimum atomic E-state index is -0.536. The van der Waals surface area contributed by atoms with E-state index in [0.717, 1.165) is 38.5 Å². The highest BCUT2D eigenvalue weighted by molar-refractivity contribution is 6.02. The van der Waals surface area contributed by atoms with Gasteiger partial charge >= 0.3 is 0 Å². The molecule has 0 bridgehead atoms. The molecule has 98 valence electrons. The van der Waals surface area contributed by atoms with E-state index in [9.17, 15) is 9.18 Å². The van der Waals surface area contributed by atoms with Crippen molar-refractivity contribution in [1.29, 1.82) is 0 Å². The monoisotopic (exact) mass is 250 g/mol. The summed E-state index contributed by atoms with van der Waals surface area (Å²) in [4.78, 5) is 18.6. The highest BCUT2D eigenvalue weighted by Gasteiger charge is 2.39. The molecular formula is C14H19FN2O. The molecule has 0 amide bonds. The lowest BCUT2D eigenvalue weighted by molar-refractivity contribution is 0.0647. The Hall–Kier alpha value is -1.29. The Labute approximate surface area is 107 Å². The van der Waals surface area contributed by atoms with Crippen LogP contribution >= 0.6 is 0 Å². The van der Waals surface area contributed by atoms with E-state index < -0.39 is 11.4 Å². The normalized spacial score (nSPS) is 19.7. The summed E-state index contributed by atoms with van der Waals surface area (Å²) < 4.78 is 13.2. The van der Waals surface area contributed by atoms with Crippen molar-refractivity contribution in [3.05, 3.63) is 29.8 Å². The molecule has 1 aromatic heterocycles. The zero-order valence-corrected chi connectivity index (χ0v) is 10.9. The third kappa shape index (κ3) is 2.29. The number of rotatable bonds is 4. The van der Waals surface area contributed by atoms with Crippen LogP contribution in [0.25, 0.3) is 0 Å². The Balaban J connectivity index is 2.29.